The second-order valence-electron chi connectivity index (χ2n) is 9.00. The van der Waals surface area contributed by atoms with Crippen LogP contribution in [0.25, 0.3) is 10.9 Å². The topological polar surface area (TPSA) is 50.2 Å². The highest BCUT2D eigenvalue weighted by Crippen LogP contribution is 2.25. The summed E-state index contributed by atoms with van der Waals surface area (Å²) in [6, 6.07) is 23.1. The molecular weight excluding hydrogens is 427 g/mol. The van der Waals surface area contributed by atoms with Gasteiger partial charge in [0.2, 0.25) is 5.91 Å². The van der Waals surface area contributed by atoms with E-state index in [2.05, 4.69) is 50.1 Å². The molecule has 1 fully saturated rings. The molecule has 4 aromatic rings. The maximum atomic E-state index is 13.4. The second kappa shape index (κ2) is 10.2. The van der Waals surface area contributed by atoms with E-state index in [1.54, 1.807) is 6.20 Å². The Hall–Kier alpha value is -3.51. The van der Waals surface area contributed by atoms with Crippen LogP contribution in [0, 0.1) is 11.7 Å². The molecule has 0 aliphatic carbocycles. The van der Waals surface area contributed by atoms with Crippen molar-refractivity contribution in [3.63, 3.8) is 0 Å². The first-order chi connectivity index (χ1) is 16.7. The fourth-order valence-corrected chi connectivity index (χ4v) is 4.76. The molecule has 2 aromatic heterocycles. The molecule has 6 heteroatoms. The Morgan fingerprint density at radius 1 is 0.971 bits per heavy atom. The summed E-state index contributed by atoms with van der Waals surface area (Å²) in [6.45, 7) is 3.79. The van der Waals surface area contributed by atoms with Crippen LogP contribution in [0.2, 0.25) is 0 Å². The first kappa shape index (κ1) is 22.3. The standard InChI is InChI=1S/C28H29FN4O/c29-24-10-8-21(9-11-24)19-33-26(17-23-5-1-2-7-27(23)33)20-32-15-12-22(13-16-32)28(34)31-18-25-6-3-4-14-30-25/h1-11,14,17,22H,12-13,15-16,18-20H2,(H,31,34). The van der Waals surface area contributed by atoms with Crippen LogP contribution in [0.3, 0.4) is 0 Å². The van der Waals surface area contributed by atoms with Gasteiger partial charge in [0, 0.05) is 36.4 Å². The van der Waals surface area contributed by atoms with Crippen molar-refractivity contribution in [2.75, 3.05) is 13.1 Å². The molecule has 1 N–H and O–H groups in total. The van der Waals surface area contributed by atoms with E-state index in [9.17, 15) is 9.18 Å². The lowest BCUT2D eigenvalue weighted by Crippen LogP contribution is -2.40. The number of likely N-dealkylation sites (tertiary alicyclic amines) is 1. The van der Waals surface area contributed by atoms with Crippen LogP contribution in [0.4, 0.5) is 4.39 Å². The lowest BCUT2D eigenvalue weighted by Gasteiger charge is -2.31. The summed E-state index contributed by atoms with van der Waals surface area (Å²) in [6.07, 6.45) is 3.45. The van der Waals surface area contributed by atoms with Gasteiger partial charge in [-0.05, 0) is 73.3 Å². The van der Waals surface area contributed by atoms with Crippen LogP contribution in [-0.4, -0.2) is 33.4 Å². The van der Waals surface area contributed by atoms with Crippen molar-refractivity contribution in [1.82, 2.24) is 19.8 Å². The molecule has 0 unspecified atom stereocenters. The van der Waals surface area contributed by atoms with E-state index < -0.39 is 0 Å². The third-order valence-electron chi connectivity index (χ3n) is 6.66. The van der Waals surface area contributed by atoms with E-state index in [0.29, 0.717) is 13.1 Å². The highest BCUT2D eigenvalue weighted by molar-refractivity contribution is 5.81. The third kappa shape index (κ3) is 5.18. The number of benzene rings is 2. The summed E-state index contributed by atoms with van der Waals surface area (Å²) in [4.78, 5) is 19.3. The summed E-state index contributed by atoms with van der Waals surface area (Å²) in [5.74, 6) is -0.0472. The second-order valence-corrected chi connectivity index (χ2v) is 9.00. The van der Waals surface area contributed by atoms with Crippen LogP contribution in [0.1, 0.15) is 29.8 Å². The first-order valence-electron chi connectivity index (χ1n) is 11.9. The summed E-state index contributed by atoms with van der Waals surface area (Å²) >= 11 is 0. The Morgan fingerprint density at radius 3 is 2.50 bits per heavy atom. The monoisotopic (exact) mass is 456 g/mol. The van der Waals surface area contributed by atoms with Gasteiger partial charge in [0.25, 0.3) is 0 Å². The summed E-state index contributed by atoms with van der Waals surface area (Å²) in [5.41, 5.74) is 4.38. The molecule has 2 aromatic carbocycles. The lowest BCUT2D eigenvalue weighted by atomic mass is 9.95. The number of nitrogens with zero attached hydrogens (tertiary/aromatic N) is 3. The highest BCUT2D eigenvalue weighted by Gasteiger charge is 2.25. The van der Waals surface area contributed by atoms with Crippen LogP contribution < -0.4 is 5.32 Å². The Bertz CT molecular complexity index is 1240. The van der Waals surface area contributed by atoms with Crippen molar-refractivity contribution < 1.29 is 9.18 Å². The smallest absolute Gasteiger partial charge is 0.223 e. The van der Waals surface area contributed by atoms with Gasteiger partial charge in [0.1, 0.15) is 5.82 Å². The van der Waals surface area contributed by atoms with Gasteiger partial charge in [-0.3, -0.25) is 14.7 Å². The molecule has 174 valence electrons. The molecule has 5 rings (SSSR count). The van der Waals surface area contributed by atoms with Gasteiger partial charge in [-0.1, -0.05) is 36.4 Å². The van der Waals surface area contributed by atoms with Gasteiger partial charge >= 0.3 is 0 Å². The summed E-state index contributed by atoms with van der Waals surface area (Å²) in [7, 11) is 0. The summed E-state index contributed by atoms with van der Waals surface area (Å²) < 4.78 is 15.7. The predicted octanol–water partition coefficient (Wildman–Crippen LogP) is 4.75. The Balaban J connectivity index is 1.23. The first-order valence-corrected chi connectivity index (χ1v) is 11.9. The minimum Gasteiger partial charge on any atom is -0.350 e. The molecule has 1 aliphatic rings. The molecule has 5 nitrogen and oxygen atoms in total. The molecule has 1 amide bonds. The zero-order valence-corrected chi connectivity index (χ0v) is 19.2. The van der Waals surface area contributed by atoms with Crippen molar-refractivity contribution in [1.29, 1.82) is 0 Å². The zero-order chi connectivity index (χ0) is 23.3. The highest BCUT2D eigenvalue weighted by atomic mass is 19.1. The van der Waals surface area contributed by atoms with Gasteiger partial charge in [-0.15, -0.1) is 0 Å². The van der Waals surface area contributed by atoms with Crippen molar-refractivity contribution in [2.24, 2.45) is 5.92 Å². The summed E-state index contributed by atoms with van der Waals surface area (Å²) in [5, 5.41) is 4.25. The number of pyridine rings is 1. The van der Waals surface area contributed by atoms with Gasteiger partial charge in [0.05, 0.1) is 12.2 Å². The molecule has 0 atom stereocenters. The molecular formula is C28H29FN4O. The molecule has 0 bridgehead atoms. The Kier molecular flexibility index (Phi) is 6.67. The Labute approximate surface area is 199 Å². The fourth-order valence-electron chi connectivity index (χ4n) is 4.76. The average Bonchev–Trinajstić information content (AvgIpc) is 3.21. The van der Waals surface area contributed by atoms with E-state index in [-0.39, 0.29) is 17.6 Å². The Morgan fingerprint density at radius 2 is 1.74 bits per heavy atom. The number of halogens is 1. The number of carbonyl (C=O) groups excluding carboxylic acids is 1. The molecule has 3 heterocycles. The normalized spacial score (nSPS) is 15.0. The predicted molar refractivity (Wildman–Crippen MR) is 132 cm³/mol. The SMILES string of the molecule is O=C(NCc1ccccn1)C1CCN(Cc2cc3ccccc3n2Cc2ccc(F)cc2)CC1. The fraction of sp³-hybridized carbons (Fsp3) is 0.286. The van der Waals surface area contributed by atoms with Crippen molar-refractivity contribution >= 4 is 16.8 Å². The largest absolute Gasteiger partial charge is 0.350 e. The van der Waals surface area contributed by atoms with Crippen LogP contribution in [0.5, 0.6) is 0 Å². The maximum absolute atomic E-state index is 13.4. The molecule has 1 aliphatic heterocycles. The number of amides is 1. The molecule has 0 spiro atoms. The maximum Gasteiger partial charge on any atom is 0.223 e. The number of para-hydroxylation sites is 1. The molecule has 0 saturated carbocycles. The van der Waals surface area contributed by atoms with Gasteiger partial charge in [-0.25, -0.2) is 4.39 Å². The molecule has 0 radical (unpaired) electrons. The number of piperidine rings is 1. The van der Waals surface area contributed by atoms with Crippen LogP contribution in [-0.2, 0) is 24.4 Å². The average molecular weight is 457 g/mol. The number of aromatic nitrogens is 2. The number of hydrogen-bond donors (Lipinski definition) is 1. The molecule has 1 saturated heterocycles. The number of nitrogens with one attached hydrogen (secondary N) is 1. The van der Waals surface area contributed by atoms with Crippen molar-refractivity contribution in [2.45, 2.75) is 32.5 Å². The van der Waals surface area contributed by atoms with Crippen LogP contribution in [0.15, 0.2) is 79.0 Å². The van der Waals surface area contributed by atoms with E-state index in [4.69, 9.17) is 0 Å². The lowest BCUT2D eigenvalue weighted by molar-refractivity contribution is -0.126. The molecule has 34 heavy (non-hydrogen) atoms. The number of rotatable bonds is 7. The van der Waals surface area contributed by atoms with Gasteiger partial charge in [0.15, 0.2) is 0 Å². The third-order valence-corrected chi connectivity index (χ3v) is 6.66. The number of fused-ring (bicyclic) bond motifs is 1. The van der Waals surface area contributed by atoms with Crippen molar-refractivity contribution in [3.8, 4) is 0 Å². The van der Waals surface area contributed by atoms with Gasteiger partial charge in [-0.2, -0.15) is 0 Å². The van der Waals surface area contributed by atoms with Crippen LogP contribution >= 0.6 is 0 Å². The quantitative estimate of drug-likeness (QED) is 0.437. The minimum absolute atomic E-state index is 0.0463. The zero-order valence-electron chi connectivity index (χ0n) is 19.2. The van der Waals surface area contributed by atoms with E-state index >= 15 is 0 Å². The number of carbonyl (C=O) groups is 1. The number of hydrogen-bond acceptors (Lipinski definition) is 3. The van der Waals surface area contributed by atoms with E-state index in [0.717, 1.165) is 43.7 Å². The van der Waals surface area contributed by atoms with Crippen molar-refractivity contribution in [3.05, 3.63) is 102 Å². The minimum atomic E-state index is -0.215. The van der Waals surface area contributed by atoms with Gasteiger partial charge < -0.3 is 9.88 Å². The van der Waals surface area contributed by atoms with E-state index in [1.165, 1.54) is 28.7 Å². The van der Waals surface area contributed by atoms with E-state index in [1.807, 2.05) is 30.3 Å².